The number of nitrogens with one attached hydrogen (secondary N) is 1. The number of thioether (sulfide) groups is 1. The molecular weight excluding hydrogens is 454 g/mol. The van der Waals surface area contributed by atoms with Crippen LogP contribution in [0.25, 0.3) is 17.0 Å². The van der Waals surface area contributed by atoms with Crippen molar-refractivity contribution in [3.63, 3.8) is 0 Å². The topological polar surface area (TPSA) is 64.3 Å². The monoisotopic (exact) mass is 478 g/mol. The Kier molecular flexibility index (Phi) is 5.73. The van der Waals surface area contributed by atoms with Crippen LogP contribution in [0, 0.1) is 39.3 Å². The zero-order valence-corrected chi connectivity index (χ0v) is 20.2. The molecule has 0 spiro atoms. The number of H-pyrrole nitrogens is 1. The van der Waals surface area contributed by atoms with E-state index >= 15 is 0 Å². The molecule has 0 atom stereocenters. The van der Waals surface area contributed by atoms with Crippen molar-refractivity contribution in [2.24, 2.45) is 0 Å². The summed E-state index contributed by atoms with van der Waals surface area (Å²) < 4.78 is 31.2. The maximum atomic E-state index is 13.7. The highest BCUT2D eigenvalue weighted by Gasteiger charge is 2.18. The average molecular weight is 479 g/mol. The van der Waals surface area contributed by atoms with Crippen LogP contribution in [0.3, 0.4) is 0 Å². The van der Waals surface area contributed by atoms with Crippen molar-refractivity contribution < 1.29 is 8.78 Å². The summed E-state index contributed by atoms with van der Waals surface area (Å²) in [4.78, 5) is 13.5. The fourth-order valence-electron chi connectivity index (χ4n) is 3.86. The lowest BCUT2D eigenvalue weighted by Crippen LogP contribution is -2.11. The number of aryl methyl sites for hydroxylation is 4. The van der Waals surface area contributed by atoms with E-state index in [2.05, 4.69) is 58.7 Å². The Morgan fingerprint density at radius 3 is 2.35 bits per heavy atom. The summed E-state index contributed by atoms with van der Waals surface area (Å²) in [5.74, 6) is 0.415. The number of rotatable bonds is 6. The first-order chi connectivity index (χ1) is 16.3. The number of halogens is 2. The third-order valence-corrected chi connectivity index (χ3v) is 6.98. The van der Waals surface area contributed by atoms with Gasteiger partial charge in [-0.15, -0.1) is 16.9 Å². The highest BCUT2D eigenvalue weighted by Crippen LogP contribution is 2.25. The lowest BCUT2D eigenvalue weighted by molar-refractivity contribution is 0.510. The Balaban J connectivity index is 1.52. The fraction of sp³-hybridized carbons (Fsp3) is 0.240. The predicted molar refractivity (Wildman–Crippen MR) is 129 cm³/mol. The molecule has 3 heterocycles. The Morgan fingerprint density at radius 2 is 1.62 bits per heavy atom. The second-order valence-electron chi connectivity index (χ2n) is 8.44. The maximum Gasteiger partial charge on any atom is 0.230 e. The Bertz CT molecular complexity index is 1460. The van der Waals surface area contributed by atoms with Crippen LogP contribution >= 0.6 is 11.8 Å². The van der Waals surface area contributed by atoms with Gasteiger partial charge in [0, 0.05) is 28.4 Å². The van der Waals surface area contributed by atoms with Crippen LogP contribution in [0.1, 0.15) is 34.2 Å². The number of aromatic amines is 1. The zero-order chi connectivity index (χ0) is 24.0. The number of hydrogen-bond acceptors (Lipinski definition) is 4. The van der Waals surface area contributed by atoms with E-state index in [4.69, 9.17) is 10.1 Å². The van der Waals surface area contributed by atoms with Gasteiger partial charge in [-0.3, -0.25) is 0 Å². The molecule has 0 aliphatic heterocycles. The van der Waals surface area contributed by atoms with E-state index in [1.54, 1.807) is 16.4 Å². The van der Waals surface area contributed by atoms with Crippen LogP contribution in [-0.2, 0) is 12.3 Å². The Morgan fingerprint density at radius 1 is 0.882 bits per heavy atom. The average Bonchev–Trinajstić information content (AvgIpc) is 3.48. The second kappa shape index (κ2) is 8.72. The minimum atomic E-state index is -0.937. The standard InChI is InChI=1S/C25H24F2N6S/c1-14-5-8-18(9-15(14)2)34-13-23-30-24(12-32-16(3)6-7-17(32)4)33(31-23)25-28-21-10-19(26)20(27)11-22(21)29-25/h5-11H,12-13H2,1-4H3,(H,28,29). The molecule has 3 aromatic heterocycles. The van der Waals surface area contributed by atoms with Crippen LogP contribution in [0.4, 0.5) is 8.78 Å². The summed E-state index contributed by atoms with van der Waals surface area (Å²) in [6.07, 6.45) is 0. The molecule has 174 valence electrons. The molecule has 2 aromatic carbocycles. The zero-order valence-electron chi connectivity index (χ0n) is 19.4. The van der Waals surface area contributed by atoms with Gasteiger partial charge in [0.25, 0.3) is 0 Å². The molecule has 9 heteroatoms. The van der Waals surface area contributed by atoms with Gasteiger partial charge in [0.15, 0.2) is 23.3 Å². The lowest BCUT2D eigenvalue weighted by atomic mass is 10.1. The molecule has 0 radical (unpaired) electrons. The van der Waals surface area contributed by atoms with E-state index in [0.29, 0.717) is 40.9 Å². The Labute approximate surface area is 200 Å². The van der Waals surface area contributed by atoms with Crippen molar-refractivity contribution in [3.05, 3.63) is 88.3 Å². The number of hydrogen-bond donors (Lipinski definition) is 1. The highest BCUT2D eigenvalue weighted by atomic mass is 32.2. The van der Waals surface area contributed by atoms with E-state index < -0.39 is 11.6 Å². The van der Waals surface area contributed by atoms with Gasteiger partial charge < -0.3 is 9.55 Å². The summed E-state index contributed by atoms with van der Waals surface area (Å²) in [5, 5.41) is 4.71. The van der Waals surface area contributed by atoms with Gasteiger partial charge in [-0.05, 0) is 63.1 Å². The van der Waals surface area contributed by atoms with Gasteiger partial charge in [-0.1, -0.05) is 6.07 Å². The molecule has 6 nitrogen and oxygen atoms in total. The first-order valence-corrected chi connectivity index (χ1v) is 11.9. The molecule has 5 aromatic rings. The fourth-order valence-corrected chi connectivity index (χ4v) is 4.70. The molecular formula is C25H24F2N6S. The summed E-state index contributed by atoms with van der Waals surface area (Å²) >= 11 is 1.66. The summed E-state index contributed by atoms with van der Waals surface area (Å²) in [6.45, 7) is 8.76. The van der Waals surface area contributed by atoms with Crippen molar-refractivity contribution in [2.75, 3.05) is 0 Å². The molecule has 0 unspecified atom stereocenters. The van der Waals surface area contributed by atoms with Crippen LogP contribution < -0.4 is 0 Å². The molecule has 0 aliphatic carbocycles. The number of imidazole rings is 1. The van der Waals surface area contributed by atoms with E-state index in [-0.39, 0.29) is 0 Å². The van der Waals surface area contributed by atoms with Crippen LogP contribution in [0.5, 0.6) is 0 Å². The minimum absolute atomic E-state index is 0.328. The second-order valence-corrected chi connectivity index (χ2v) is 9.49. The Hall–Kier alpha value is -3.46. The molecule has 0 amide bonds. The largest absolute Gasteiger partial charge is 0.342 e. The summed E-state index contributed by atoms with van der Waals surface area (Å²) in [7, 11) is 0. The predicted octanol–water partition coefficient (Wildman–Crippen LogP) is 5.80. The summed E-state index contributed by atoms with van der Waals surface area (Å²) in [5.41, 5.74) is 5.43. The molecule has 0 aliphatic rings. The van der Waals surface area contributed by atoms with Crippen molar-refractivity contribution in [2.45, 2.75) is 44.9 Å². The molecule has 0 saturated heterocycles. The SMILES string of the molecule is Cc1ccc(SCc2nc(Cn3c(C)ccc3C)n(-c3nc4cc(F)c(F)cc4[nH]3)n2)cc1C. The van der Waals surface area contributed by atoms with Gasteiger partial charge in [0.05, 0.1) is 23.3 Å². The number of nitrogens with zero attached hydrogens (tertiary/aromatic N) is 5. The minimum Gasteiger partial charge on any atom is -0.342 e. The van der Waals surface area contributed by atoms with Gasteiger partial charge >= 0.3 is 0 Å². The van der Waals surface area contributed by atoms with Crippen molar-refractivity contribution in [3.8, 4) is 5.95 Å². The highest BCUT2D eigenvalue weighted by molar-refractivity contribution is 7.98. The van der Waals surface area contributed by atoms with Crippen molar-refractivity contribution in [1.29, 1.82) is 0 Å². The summed E-state index contributed by atoms with van der Waals surface area (Å²) in [6, 6.07) is 12.7. The quantitative estimate of drug-likeness (QED) is 0.314. The van der Waals surface area contributed by atoms with Gasteiger partial charge in [0.2, 0.25) is 5.95 Å². The van der Waals surface area contributed by atoms with E-state index in [1.807, 2.05) is 13.8 Å². The third kappa shape index (κ3) is 4.23. The molecule has 0 fully saturated rings. The molecule has 0 saturated carbocycles. The normalized spacial score (nSPS) is 11.6. The van der Waals surface area contributed by atoms with Crippen LogP contribution in [0.15, 0.2) is 47.4 Å². The molecule has 5 rings (SSSR count). The van der Waals surface area contributed by atoms with Gasteiger partial charge in [0.1, 0.15) is 0 Å². The van der Waals surface area contributed by atoms with E-state index in [0.717, 1.165) is 28.4 Å². The van der Waals surface area contributed by atoms with E-state index in [9.17, 15) is 8.78 Å². The first-order valence-electron chi connectivity index (χ1n) is 10.9. The van der Waals surface area contributed by atoms with Crippen LogP contribution in [-0.4, -0.2) is 29.3 Å². The lowest BCUT2D eigenvalue weighted by Gasteiger charge is -2.09. The van der Waals surface area contributed by atoms with Crippen molar-refractivity contribution >= 4 is 22.8 Å². The number of aromatic nitrogens is 6. The number of fused-ring (bicyclic) bond motifs is 1. The molecule has 34 heavy (non-hydrogen) atoms. The maximum absolute atomic E-state index is 13.7. The number of benzene rings is 2. The van der Waals surface area contributed by atoms with Crippen molar-refractivity contribution in [1.82, 2.24) is 29.3 Å². The molecule has 0 bridgehead atoms. The van der Waals surface area contributed by atoms with Gasteiger partial charge in [-0.25, -0.2) is 18.7 Å². The van der Waals surface area contributed by atoms with Crippen LogP contribution in [0.2, 0.25) is 0 Å². The van der Waals surface area contributed by atoms with E-state index in [1.165, 1.54) is 11.1 Å². The first kappa shape index (κ1) is 22.3. The smallest absolute Gasteiger partial charge is 0.230 e. The third-order valence-electron chi connectivity index (χ3n) is 5.99. The van der Waals surface area contributed by atoms with Gasteiger partial charge in [-0.2, -0.15) is 4.68 Å². The molecule has 1 N–H and O–H groups in total.